The van der Waals surface area contributed by atoms with Crippen molar-refractivity contribution in [3.05, 3.63) is 40.9 Å². The van der Waals surface area contributed by atoms with Crippen molar-refractivity contribution in [1.29, 1.82) is 0 Å². The predicted molar refractivity (Wildman–Crippen MR) is 124 cm³/mol. The summed E-state index contributed by atoms with van der Waals surface area (Å²) in [6.45, 7) is 11.5. The number of nitrogens with one attached hydrogen (secondary N) is 1. The van der Waals surface area contributed by atoms with Gasteiger partial charge in [0.15, 0.2) is 0 Å². The van der Waals surface area contributed by atoms with Crippen molar-refractivity contribution in [2.24, 2.45) is 5.10 Å². The molecule has 1 fully saturated rings. The zero-order chi connectivity index (χ0) is 21.9. The number of nitrogens with zero attached hydrogens (tertiary/aromatic N) is 4. The van der Waals surface area contributed by atoms with Crippen molar-refractivity contribution in [1.82, 2.24) is 14.8 Å². The van der Waals surface area contributed by atoms with Crippen molar-refractivity contribution in [2.45, 2.75) is 20.3 Å². The Labute approximate surface area is 187 Å². The molecule has 1 aliphatic heterocycles. The number of piperazine rings is 1. The van der Waals surface area contributed by atoms with Crippen LogP contribution in [-0.2, 0) is 16.0 Å². The van der Waals surface area contributed by atoms with E-state index in [0.29, 0.717) is 24.0 Å². The minimum Gasteiger partial charge on any atom is -0.492 e. The van der Waals surface area contributed by atoms with Gasteiger partial charge in [-0.1, -0.05) is 19.1 Å². The number of ether oxygens (including phenoxy) is 2. The first-order valence-electron chi connectivity index (χ1n) is 10.7. The number of anilines is 1. The van der Waals surface area contributed by atoms with E-state index in [9.17, 15) is 4.79 Å². The average molecular weight is 446 g/mol. The second kappa shape index (κ2) is 12.4. The van der Waals surface area contributed by atoms with Crippen molar-refractivity contribution < 1.29 is 14.3 Å². The number of carbonyl (C=O) groups is 1. The normalized spacial score (nSPS) is 15.3. The van der Waals surface area contributed by atoms with Crippen molar-refractivity contribution in [3.63, 3.8) is 0 Å². The fraction of sp³-hybridized carbons (Fsp3) is 0.500. The van der Waals surface area contributed by atoms with E-state index in [-0.39, 0.29) is 12.4 Å². The van der Waals surface area contributed by atoms with Gasteiger partial charge in [-0.15, -0.1) is 11.3 Å². The lowest BCUT2D eigenvalue weighted by Gasteiger charge is -2.33. The van der Waals surface area contributed by atoms with Crippen molar-refractivity contribution in [2.75, 3.05) is 57.9 Å². The molecule has 0 unspecified atom stereocenters. The highest BCUT2D eigenvalue weighted by Gasteiger charge is 2.15. The summed E-state index contributed by atoms with van der Waals surface area (Å²) in [5.41, 5.74) is 4.49. The van der Waals surface area contributed by atoms with Gasteiger partial charge in [0.05, 0.1) is 24.9 Å². The molecule has 2 aromatic rings. The topological polar surface area (TPSA) is 79.3 Å². The first kappa shape index (κ1) is 23.2. The molecular weight excluding hydrogens is 414 g/mol. The Bertz CT molecular complexity index is 849. The van der Waals surface area contributed by atoms with Crippen LogP contribution < -0.4 is 10.2 Å². The molecule has 8 nitrogen and oxygen atoms in total. The van der Waals surface area contributed by atoms with E-state index in [2.05, 4.69) is 32.2 Å². The van der Waals surface area contributed by atoms with E-state index in [1.807, 2.05) is 29.6 Å². The molecule has 0 saturated carbocycles. The third-order valence-electron chi connectivity index (χ3n) is 5.04. The maximum Gasteiger partial charge on any atom is 0.311 e. The summed E-state index contributed by atoms with van der Waals surface area (Å²) in [6, 6.07) is 7.84. The Hall–Kier alpha value is -2.49. The summed E-state index contributed by atoms with van der Waals surface area (Å²) in [7, 11) is 0. The molecule has 0 amide bonds. The summed E-state index contributed by atoms with van der Waals surface area (Å²) in [5.74, 6) is 0.531. The Morgan fingerprint density at radius 3 is 2.77 bits per heavy atom. The number of para-hydroxylation sites is 1. The van der Waals surface area contributed by atoms with E-state index in [0.717, 1.165) is 50.6 Å². The molecule has 1 aromatic carbocycles. The Kier molecular flexibility index (Phi) is 9.26. The summed E-state index contributed by atoms with van der Waals surface area (Å²) >= 11 is 1.40. The maximum absolute atomic E-state index is 11.5. The third kappa shape index (κ3) is 7.61. The number of hydrogen-bond acceptors (Lipinski definition) is 9. The van der Waals surface area contributed by atoms with Gasteiger partial charge in [-0.3, -0.25) is 15.1 Å². The van der Waals surface area contributed by atoms with Crippen LogP contribution in [0.25, 0.3) is 0 Å². The van der Waals surface area contributed by atoms with Crippen LogP contribution in [-0.4, -0.2) is 79.5 Å². The minimum atomic E-state index is -0.277. The highest BCUT2D eigenvalue weighted by molar-refractivity contribution is 7.13. The van der Waals surface area contributed by atoms with Crippen LogP contribution in [0.3, 0.4) is 0 Å². The fourth-order valence-corrected chi connectivity index (χ4v) is 3.95. The molecule has 1 saturated heterocycles. The Morgan fingerprint density at radius 1 is 1.23 bits per heavy atom. The van der Waals surface area contributed by atoms with Crippen LogP contribution in [0.5, 0.6) is 5.75 Å². The van der Waals surface area contributed by atoms with Gasteiger partial charge in [-0.25, -0.2) is 4.98 Å². The molecule has 168 valence electrons. The highest BCUT2D eigenvalue weighted by Crippen LogP contribution is 2.18. The largest absolute Gasteiger partial charge is 0.492 e. The quantitative estimate of drug-likeness (QED) is 0.324. The SMILES string of the molecule is CCOC(=O)Cc1csc(NN=Cc2ccccc2OCCN2CCN(CC)CC2)n1. The molecule has 3 rings (SSSR count). The third-order valence-corrected chi connectivity index (χ3v) is 5.84. The number of benzene rings is 1. The minimum absolute atomic E-state index is 0.167. The molecule has 1 N–H and O–H groups in total. The van der Waals surface area contributed by atoms with Gasteiger partial charge < -0.3 is 14.4 Å². The van der Waals surface area contributed by atoms with Gasteiger partial charge in [-0.2, -0.15) is 5.10 Å². The summed E-state index contributed by atoms with van der Waals surface area (Å²) < 4.78 is 11.0. The monoisotopic (exact) mass is 445 g/mol. The van der Waals surface area contributed by atoms with Gasteiger partial charge in [0, 0.05) is 43.7 Å². The molecule has 1 aliphatic rings. The molecule has 0 bridgehead atoms. The molecular formula is C22H31N5O3S. The number of likely N-dealkylation sites (N-methyl/N-ethyl adjacent to an activating group) is 1. The molecule has 1 aromatic heterocycles. The van der Waals surface area contributed by atoms with Crippen LogP contribution in [0.15, 0.2) is 34.7 Å². The lowest BCUT2D eigenvalue weighted by atomic mass is 10.2. The van der Waals surface area contributed by atoms with Crippen LogP contribution >= 0.6 is 11.3 Å². The second-order valence-electron chi connectivity index (χ2n) is 7.16. The second-order valence-corrected chi connectivity index (χ2v) is 8.02. The molecule has 9 heteroatoms. The number of hydrogen-bond donors (Lipinski definition) is 1. The van der Waals surface area contributed by atoms with E-state index in [1.54, 1.807) is 13.1 Å². The first-order valence-corrected chi connectivity index (χ1v) is 11.6. The number of esters is 1. The van der Waals surface area contributed by atoms with Gasteiger partial charge in [0.1, 0.15) is 12.4 Å². The smallest absolute Gasteiger partial charge is 0.311 e. The van der Waals surface area contributed by atoms with Crippen molar-refractivity contribution in [3.8, 4) is 5.75 Å². The summed E-state index contributed by atoms with van der Waals surface area (Å²) in [4.78, 5) is 20.8. The van der Waals surface area contributed by atoms with Crippen LogP contribution in [0, 0.1) is 0 Å². The number of rotatable bonds is 11. The van der Waals surface area contributed by atoms with Gasteiger partial charge in [0.25, 0.3) is 0 Å². The number of thiazole rings is 1. The molecule has 2 heterocycles. The van der Waals surface area contributed by atoms with E-state index < -0.39 is 0 Å². The number of carbonyl (C=O) groups excluding carboxylic acids is 1. The average Bonchev–Trinajstić information content (AvgIpc) is 3.22. The van der Waals surface area contributed by atoms with Crippen LogP contribution in [0.1, 0.15) is 25.1 Å². The van der Waals surface area contributed by atoms with Gasteiger partial charge in [0.2, 0.25) is 5.13 Å². The lowest BCUT2D eigenvalue weighted by Crippen LogP contribution is -2.47. The zero-order valence-electron chi connectivity index (χ0n) is 18.2. The number of aromatic nitrogens is 1. The highest BCUT2D eigenvalue weighted by atomic mass is 32.1. The zero-order valence-corrected chi connectivity index (χ0v) is 19.1. The first-order chi connectivity index (χ1) is 15.2. The van der Waals surface area contributed by atoms with Crippen LogP contribution in [0.4, 0.5) is 5.13 Å². The Balaban J connectivity index is 1.46. The summed E-state index contributed by atoms with van der Waals surface area (Å²) in [6.07, 6.45) is 1.89. The van der Waals surface area contributed by atoms with Gasteiger partial charge in [-0.05, 0) is 25.6 Å². The molecule has 0 spiro atoms. The van der Waals surface area contributed by atoms with E-state index in [4.69, 9.17) is 9.47 Å². The Morgan fingerprint density at radius 2 is 2.00 bits per heavy atom. The van der Waals surface area contributed by atoms with Gasteiger partial charge >= 0.3 is 5.97 Å². The fourth-order valence-electron chi connectivity index (χ4n) is 3.29. The van der Waals surface area contributed by atoms with Crippen molar-refractivity contribution >= 4 is 28.7 Å². The maximum atomic E-state index is 11.5. The summed E-state index contributed by atoms with van der Waals surface area (Å²) in [5, 5.41) is 6.73. The predicted octanol–water partition coefficient (Wildman–Crippen LogP) is 2.71. The molecule has 0 atom stereocenters. The standard InChI is InChI=1S/C22H31N5O3S/c1-3-26-9-11-27(12-10-26)13-14-30-20-8-6-5-7-18(20)16-23-25-22-24-19(17-31-22)15-21(28)29-4-2/h5-8,16-17H,3-4,9-15H2,1-2H3,(H,24,25). The van der Waals surface area contributed by atoms with E-state index in [1.165, 1.54) is 11.3 Å². The number of hydrazone groups is 1. The lowest BCUT2D eigenvalue weighted by molar-refractivity contribution is -0.142. The van der Waals surface area contributed by atoms with E-state index >= 15 is 0 Å². The van der Waals surface area contributed by atoms with Crippen LogP contribution in [0.2, 0.25) is 0 Å². The molecule has 31 heavy (non-hydrogen) atoms. The molecule has 0 radical (unpaired) electrons. The molecule has 0 aliphatic carbocycles.